The lowest BCUT2D eigenvalue weighted by Crippen LogP contribution is -2.20. The van der Waals surface area contributed by atoms with Crippen LogP contribution < -0.4 is 16.4 Å². The van der Waals surface area contributed by atoms with E-state index in [-0.39, 0.29) is 5.91 Å². The first kappa shape index (κ1) is 12.8. The van der Waals surface area contributed by atoms with Crippen molar-refractivity contribution in [3.05, 3.63) is 24.0 Å². The van der Waals surface area contributed by atoms with Crippen LogP contribution in [0.3, 0.4) is 0 Å². The number of anilines is 1. The molecule has 1 aliphatic carbocycles. The molecule has 0 bridgehead atoms. The summed E-state index contributed by atoms with van der Waals surface area (Å²) >= 11 is 0. The molecule has 5 nitrogen and oxygen atoms in total. The number of hydrogen-bond donors (Lipinski definition) is 3. The van der Waals surface area contributed by atoms with Crippen molar-refractivity contribution in [3.8, 4) is 0 Å². The van der Waals surface area contributed by atoms with Crippen LogP contribution in [-0.4, -0.2) is 30.5 Å². The van der Waals surface area contributed by atoms with Crippen molar-refractivity contribution in [1.82, 2.24) is 10.3 Å². The van der Waals surface area contributed by atoms with E-state index < -0.39 is 0 Å². The minimum atomic E-state index is -0.165. The van der Waals surface area contributed by atoms with Crippen LogP contribution in [0.15, 0.2) is 18.3 Å². The van der Waals surface area contributed by atoms with E-state index in [1.54, 1.807) is 19.3 Å². The Kier molecular flexibility index (Phi) is 4.15. The summed E-state index contributed by atoms with van der Waals surface area (Å²) in [7, 11) is 1.60. The van der Waals surface area contributed by atoms with E-state index in [4.69, 9.17) is 5.73 Å². The summed E-state index contributed by atoms with van der Waals surface area (Å²) in [6, 6.07) is 4.00. The van der Waals surface area contributed by atoms with Crippen molar-refractivity contribution in [3.63, 3.8) is 0 Å². The molecular formula is C13H20N4O. The summed E-state index contributed by atoms with van der Waals surface area (Å²) in [6.07, 6.45) is 5.03. The third-order valence-electron chi connectivity index (χ3n) is 3.40. The number of nitrogens with two attached hydrogens (primary N) is 1. The first-order valence-electron chi connectivity index (χ1n) is 6.36. The number of hydrogen-bond acceptors (Lipinski definition) is 4. The molecule has 18 heavy (non-hydrogen) atoms. The van der Waals surface area contributed by atoms with Gasteiger partial charge in [-0.1, -0.05) is 0 Å². The summed E-state index contributed by atoms with van der Waals surface area (Å²) in [6.45, 7) is 0.908. The average molecular weight is 248 g/mol. The standard InChI is InChI=1S/C13H20N4O/c1-15-13(18)12-7-11(4-5-16-12)17-8-9-2-3-10(14)6-9/h4-5,7,9-10H,2-3,6,8,14H2,1H3,(H,15,18)(H,16,17). The molecule has 0 saturated heterocycles. The van der Waals surface area contributed by atoms with Crippen molar-refractivity contribution >= 4 is 11.6 Å². The zero-order valence-corrected chi connectivity index (χ0v) is 10.6. The zero-order chi connectivity index (χ0) is 13.0. The summed E-state index contributed by atoms with van der Waals surface area (Å²) in [5.74, 6) is 0.471. The Bertz CT molecular complexity index is 421. The van der Waals surface area contributed by atoms with E-state index in [0.29, 0.717) is 17.7 Å². The van der Waals surface area contributed by atoms with Crippen LogP contribution in [0.1, 0.15) is 29.8 Å². The average Bonchev–Trinajstić information content (AvgIpc) is 2.81. The zero-order valence-electron chi connectivity index (χ0n) is 10.6. The molecule has 0 radical (unpaired) electrons. The van der Waals surface area contributed by atoms with E-state index >= 15 is 0 Å². The van der Waals surface area contributed by atoms with Gasteiger partial charge in [-0.25, -0.2) is 0 Å². The largest absolute Gasteiger partial charge is 0.385 e. The smallest absolute Gasteiger partial charge is 0.269 e. The maximum Gasteiger partial charge on any atom is 0.269 e. The fourth-order valence-corrected chi connectivity index (χ4v) is 2.35. The normalized spacial score (nSPS) is 22.8. The van der Waals surface area contributed by atoms with Crippen LogP contribution in [0.25, 0.3) is 0 Å². The summed E-state index contributed by atoms with van der Waals surface area (Å²) < 4.78 is 0. The van der Waals surface area contributed by atoms with Gasteiger partial charge >= 0.3 is 0 Å². The van der Waals surface area contributed by atoms with Crippen LogP contribution in [0.4, 0.5) is 5.69 Å². The topological polar surface area (TPSA) is 80.0 Å². The van der Waals surface area contributed by atoms with E-state index in [1.165, 1.54) is 6.42 Å². The Balaban J connectivity index is 1.91. The van der Waals surface area contributed by atoms with Gasteiger partial charge in [0.2, 0.25) is 0 Å². The number of aromatic nitrogens is 1. The molecule has 1 aromatic heterocycles. The quantitative estimate of drug-likeness (QED) is 0.742. The molecule has 98 valence electrons. The molecule has 1 aromatic rings. The molecular weight excluding hydrogens is 228 g/mol. The Morgan fingerprint density at radius 2 is 2.39 bits per heavy atom. The second-order valence-electron chi connectivity index (χ2n) is 4.83. The van der Waals surface area contributed by atoms with E-state index in [0.717, 1.165) is 25.1 Å². The van der Waals surface area contributed by atoms with Crippen molar-refractivity contribution in [2.75, 3.05) is 18.9 Å². The Morgan fingerprint density at radius 1 is 1.56 bits per heavy atom. The highest BCUT2D eigenvalue weighted by Gasteiger charge is 2.21. The molecule has 2 unspecified atom stereocenters. The Morgan fingerprint density at radius 3 is 3.06 bits per heavy atom. The number of nitrogens with zero attached hydrogens (tertiary/aromatic N) is 1. The van der Waals surface area contributed by atoms with E-state index in [2.05, 4.69) is 15.6 Å². The molecule has 1 saturated carbocycles. The van der Waals surface area contributed by atoms with Crippen LogP contribution in [-0.2, 0) is 0 Å². The second kappa shape index (κ2) is 5.82. The molecule has 4 N–H and O–H groups in total. The maximum absolute atomic E-state index is 11.5. The highest BCUT2D eigenvalue weighted by atomic mass is 16.1. The molecule has 1 fully saturated rings. The summed E-state index contributed by atoms with van der Waals surface area (Å²) in [5, 5.41) is 5.92. The molecule has 1 aliphatic rings. The number of carbonyl (C=O) groups excluding carboxylic acids is 1. The van der Waals surface area contributed by atoms with Gasteiger partial charge in [-0.05, 0) is 37.3 Å². The SMILES string of the molecule is CNC(=O)c1cc(NCC2CCC(N)C2)ccn1. The fraction of sp³-hybridized carbons (Fsp3) is 0.538. The number of pyridine rings is 1. The van der Waals surface area contributed by atoms with Gasteiger partial charge in [0.1, 0.15) is 5.69 Å². The minimum absolute atomic E-state index is 0.165. The third kappa shape index (κ3) is 3.20. The second-order valence-corrected chi connectivity index (χ2v) is 4.83. The summed E-state index contributed by atoms with van der Waals surface area (Å²) in [5.41, 5.74) is 7.26. The molecule has 2 rings (SSSR count). The lowest BCUT2D eigenvalue weighted by Gasteiger charge is -2.12. The van der Waals surface area contributed by atoms with Gasteiger partial charge in [-0.15, -0.1) is 0 Å². The van der Waals surface area contributed by atoms with Crippen LogP contribution in [0.2, 0.25) is 0 Å². The first-order valence-corrected chi connectivity index (χ1v) is 6.36. The van der Waals surface area contributed by atoms with Gasteiger partial charge in [-0.3, -0.25) is 9.78 Å². The molecule has 5 heteroatoms. The Labute approximate surface area is 107 Å². The van der Waals surface area contributed by atoms with Gasteiger partial charge in [-0.2, -0.15) is 0 Å². The molecule has 2 atom stereocenters. The fourth-order valence-electron chi connectivity index (χ4n) is 2.35. The predicted octanol–water partition coefficient (Wildman–Crippen LogP) is 0.980. The van der Waals surface area contributed by atoms with Crippen LogP contribution in [0.5, 0.6) is 0 Å². The van der Waals surface area contributed by atoms with E-state index in [1.807, 2.05) is 6.07 Å². The van der Waals surface area contributed by atoms with Crippen molar-refractivity contribution in [1.29, 1.82) is 0 Å². The monoisotopic (exact) mass is 248 g/mol. The highest BCUT2D eigenvalue weighted by molar-refractivity contribution is 5.92. The van der Waals surface area contributed by atoms with Gasteiger partial charge in [0.05, 0.1) is 0 Å². The van der Waals surface area contributed by atoms with E-state index in [9.17, 15) is 4.79 Å². The van der Waals surface area contributed by atoms with Crippen molar-refractivity contribution in [2.24, 2.45) is 11.7 Å². The first-order chi connectivity index (χ1) is 8.69. The van der Waals surface area contributed by atoms with Crippen LogP contribution in [0, 0.1) is 5.92 Å². The van der Waals surface area contributed by atoms with Crippen molar-refractivity contribution < 1.29 is 4.79 Å². The third-order valence-corrected chi connectivity index (χ3v) is 3.40. The van der Waals surface area contributed by atoms with Gasteiger partial charge in [0.15, 0.2) is 0 Å². The molecule has 0 aliphatic heterocycles. The predicted molar refractivity (Wildman–Crippen MR) is 71.4 cm³/mol. The minimum Gasteiger partial charge on any atom is -0.385 e. The lowest BCUT2D eigenvalue weighted by atomic mass is 10.1. The molecule has 0 spiro atoms. The number of rotatable bonds is 4. The molecule has 1 heterocycles. The number of nitrogens with one attached hydrogen (secondary N) is 2. The van der Waals surface area contributed by atoms with Gasteiger partial charge in [0.25, 0.3) is 5.91 Å². The van der Waals surface area contributed by atoms with Crippen molar-refractivity contribution in [2.45, 2.75) is 25.3 Å². The number of carbonyl (C=O) groups is 1. The van der Waals surface area contributed by atoms with Gasteiger partial charge < -0.3 is 16.4 Å². The number of amides is 1. The van der Waals surface area contributed by atoms with Gasteiger partial charge in [0, 0.05) is 31.5 Å². The Hall–Kier alpha value is -1.62. The summed E-state index contributed by atoms with van der Waals surface area (Å²) in [4.78, 5) is 15.5. The van der Waals surface area contributed by atoms with Crippen LogP contribution >= 0.6 is 0 Å². The molecule has 1 amide bonds. The highest BCUT2D eigenvalue weighted by Crippen LogP contribution is 2.24. The maximum atomic E-state index is 11.5. The molecule has 0 aromatic carbocycles. The lowest BCUT2D eigenvalue weighted by molar-refractivity contribution is 0.0958.